The molecule has 0 saturated heterocycles. The Morgan fingerprint density at radius 2 is 1.56 bits per heavy atom. The van der Waals surface area contributed by atoms with E-state index in [0.717, 1.165) is 0 Å². The average Bonchev–Trinajstić information content (AvgIpc) is 3.18. The number of hydrogen-bond donors (Lipinski definition) is 2. The number of fused-ring (bicyclic) bond motifs is 1. The highest BCUT2D eigenvalue weighted by Crippen LogP contribution is 2.34. The second kappa shape index (κ2) is 9.03. The van der Waals surface area contributed by atoms with Crippen LogP contribution in [0.1, 0.15) is 20.9 Å². The predicted molar refractivity (Wildman–Crippen MR) is 123 cm³/mol. The minimum absolute atomic E-state index is 0.0496. The topological polar surface area (TPSA) is 89.8 Å². The molecule has 0 spiro atoms. The second-order valence-corrected chi connectivity index (χ2v) is 7.19. The molecule has 162 valence electrons. The molecule has 0 aliphatic carbocycles. The number of hydrogen-bond acceptors (Lipinski definition) is 5. The van der Waals surface area contributed by atoms with Crippen LogP contribution in [-0.2, 0) is 0 Å². The van der Waals surface area contributed by atoms with Crippen LogP contribution in [0.15, 0.2) is 71.1 Å². The molecule has 32 heavy (non-hydrogen) atoms. The SMILES string of the molecule is COc1ccccc1NC(=O)c1oc2ccccc2c1NC(=O)c1cc(Cl)ccc1OC. The Bertz CT molecular complexity index is 1310. The standard InChI is InChI=1S/C24H19ClN2O5/c1-30-18-12-11-14(25)13-16(18)23(28)27-21-15-7-3-5-9-19(15)32-22(21)24(29)26-17-8-4-6-10-20(17)31-2/h3-13H,1-2H3,(H,26,29)(H,27,28). The number of ether oxygens (including phenoxy) is 2. The van der Waals surface area contributed by atoms with E-state index in [1.807, 2.05) is 0 Å². The molecule has 0 aliphatic heterocycles. The molecule has 0 radical (unpaired) electrons. The highest BCUT2D eigenvalue weighted by molar-refractivity contribution is 6.31. The maximum atomic E-state index is 13.1. The van der Waals surface area contributed by atoms with Crippen LogP contribution < -0.4 is 20.1 Å². The number of para-hydroxylation sites is 3. The molecule has 2 N–H and O–H groups in total. The van der Waals surface area contributed by atoms with Gasteiger partial charge in [0.1, 0.15) is 22.8 Å². The fourth-order valence-corrected chi connectivity index (χ4v) is 3.47. The molecule has 0 atom stereocenters. The third-order valence-corrected chi connectivity index (χ3v) is 5.04. The van der Waals surface area contributed by atoms with Gasteiger partial charge in [-0.05, 0) is 42.5 Å². The number of halogens is 1. The van der Waals surface area contributed by atoms with Gasteiger partial charge in [0, 0.05) is 10.4 Å². The van der Waals surface area contributed by atoms with E-state index in [4.69, 9.17) is 25.5 Å². The maximum Gasteiger partial charge on any atom is 0.293 e. The fraction of sp³-hybridized carbons (Fsp3) is 0.0833. The van der Waals surface area contributed by atoms with Crippen LogP contribution in [0.2, 0.25) is 5.02 Å². The number of benzene rings is 3. The lowest BCUT2D eigenvalue weighted by Crippen LogP contribution is -2.18. The van der Waals surface area contributed by atoms with Crippen molar-refractivity contribution < 1.29 is 23.5 Å². The third kappa shape index (κ3) is 4.10. The van der Waals surface area contributed by atoms with Gasteiger partial charge in [0.05, 0.1) is 25.5 Å². The first-order chi connectivity index (χ1) is 15.5. The molecule has 1 heterocycles. The van der Waals surface area contributed by atoms with Crippen LogP contribution in [0.25, 0.3) is 11.0 Å². The molecular weight excluding hydrogens is 432 g/mol. The lowest BCUT2D eigenvalue weighted by atomic mass is 10.1. The lowest BCUT2D eigenvalue weighted by molar-refractivity contribution is 0.0999. The third-order valence-electron chi connectivity index (χ3n) is 4.80. The molecule has 2 amide bonds. The number of rotatable bonds is 6. The zero-order valence-corrected chi connectivity index (χ0v) is 18.0. The number of carbonyl (C=O) groups is 2. The number of nitrogens with one attached hydrogen (secondary N) is 2. The highest BCUT2D eigenvalue weighted by atomic mass is 35.5. The van der Waals surface area contributed by atoms with E-state index >= 15 is 0 Å². The Morgan fingerprint density at radius 3 is 2.34 bits per heavy atom. The van der Waals surface area contributed by atoms with Crippen molar-refractivity contribution in [2.45, 2.75) is 0 Å². The first-order valence-corrected chi connectivity index (χ1v) is 10.0. The molecule has 4 aromatic rings. The summed E-state index contributed by atoms with van der Waals surface area (Å²) in [7, 11) is 2.97. The van der Waals surface area contributed by atoms with E-state index in [0.29, 0.717) is 33.2 Å². The van der Waals surface area contributed by atoms with Gasteiger partial charge in [-0.2, -0.15) is 0 Å². The summed E-state index contributed by atoms with van der Waals surface area (Å²) in [5.74, 6) is -0.251. The molecule has 0 fully saturated rings. The Hall–Kier alpha value is -3.97. The van der Waals surface area contributed by atoms with Crippen molar-refractivity contribution in [3.05, 3.63) is 83.1 Å². The van der Waals surface area contributed by atoms with Crippen LogP contribution in [0.4, 0.5) is 11.4 Å². The molecule has 7 nitrogen and oxygen atoms in total. The van der Waals surface area contributed by atoms with Crippen LogP contribution in [-0.4, -0.2) is 26.0 Å². The van der Waals surface area contributed by atoms with Gasteiger partial charge in [-0.25, -0.2) is 0 Å². The number of amides is 2. The van der Waals surface area contributed by atoms with Gasteiger partial charge < -0.3 is 24.5 Å². The Labute approximate surface area is 188 Å². The summed E-state index contributed by atoms with van der Waals surface area (Å²) in [6, 6.07) is 18.7. The van der Waals surface area contributed by atoms with Crippen molar-refractivity contribution in [2.75, 3.05) is 24.9 Å². The van der Waals surface area contributed by atoms with Crippen LogP contribution >= 0.6 is 11.6 Å². The molecule has 0 unspecified atom stereocenters. The van der Waals surface area contributed by atoms with E-state index in [1.54, 1.807) is 60.7 Å². The Balaban J connectivity index is 1.73. The van der Waals surface area contributed by atoms with Gasteiger partial charge in [0.15, 0.2) is 0 Å². The van der Waals surface area contributed by atoms with E-state index in [1.165, 1.54) is 20.3 Å². The first kappa shape index (κ1) is 21.3. The lowest BCUT2D eigenvalue weighted by Gasteiger charge is -2.11. The summed E-state index contributed by atoms with van der Waals surface area (Å²) in [6.45, 7) is 0. The molecule has 3 aromatic carbocycles. The quantitative estimate of drug-likeness (QED) is 0.398. The Morgan fingerprint density at radius 1 is 0.844 bits per heavy atom. The monoisotopic (exact) mass is 450 g/mol. The number of furan rings is 1. The van der Waals surface area contributed by atoms with Gasteiger partial charge in [0.25, 0.3) is 11.8 Å². The van der Waals surface area contributed by atoms with Crippen molar-refractivity contribution in [3.8, 4) is 11.5 Å². The van der Waals surface area contributed by atoms with Crippen LogP contribution in [0, 0.1) is 0 Å². The molecule has 0 saturated carbocycles. The fourth-order valence-electron chi connectivity index (χ4n) is 3.29. The zero-order valence-electron chi connectivity index (χ0n) is 17.3. The molecular formula is C24H19ClN2O5. The minimum atomic E-state index is -0.543. The number of anilines is 2. The molecule has 8 heteroatoms. The summed E-state index contributed by atoms with van der Waals surface area (Å²) >= 11 is 6.07. The van der Waals surface area contributed by atoms with E-state index < -0.39 is 11.8 Å². The van der Waals surface area contributed by atoms with E-state index in [-0.39, 0.29) is 17.0 Å². The second-order valence-electron chi connectivity index (χ2n) is 6.76. The smallest absolute Gasteiger partial charge is 0.293 e. The largest absolute Gasteiger partial charge is 0.496 e. The minimum Gasteiger partial charge on any atom is -0.496 e. The number of methoxy groups -OCH3 is 2. The van der Waals surface area contributed by atoms with Crippen molar-refractivity contribution in [2.24, 2.45) is 0 Å². The van der Waals surface area contributed by atoms with Crippen molar-refractivity contribution >= 4 is 45.8 Å². The first-order valence-electron chi connectivity index (χ1n) is 9.62. The van der Waals surface area contributed by atoms with E-state index in [2.05, 4.69) is 10.6 Å². The summed E-state index contributed by atoms with van der Waals surface area (Å²) in [6.07, 6.45) is 0. The van der Waals surface area contributed by atoms with Crippen molar-refractivity contribution in [1.29, 1.82) is 0 Å². The summed E-state index contributed by atoms with van der Waals surface area (Å²) in [4.78, 5) is 26.2. The van der Waals surface area contributed by atoms with Crippen LogP contribution in [0.5, 0.6) is 11.5 Å². The summed E-state index contributed by atoms with van der Waals surface area (Å²) in [5, 5.41) is 6.51. The van der Waals surface area contributed by atoms with Crippen LogP contribution in [0.3, 0.4) is 0 Å². The predicted octanol–water partition coefficient (Wildman–Crippen LogP) is 5.61. The summed E-state index contributed by atoms with van der Waals surface area (Å²) < 4.78 is 16.4. The number of carbonyl (C=O) groups excluding carboxylic acids is 2. The average molecular weight is 451 g/mol. The highest BCUT2D eigenvalue weighted by Gasteiger charge is 2.24. The normalized spacial score (nSPS) is 10.6. The molecule has 0 bridgehead atoms. The van der Waals surface area contributed by atoms with Crippen molar-refractivity contribution in [3.63, 3.8) is 0 Å². The van der Waals surface area contributed by atoms with Gasteiger partial charge in [-0.15, -0.1) is 0 Å². The zero-order chi connectivity index (χ0) is 22.7. The molecule has 0 aliphatic rings. The van der Waals surface area contributed by atoms with Gasteiger partial charge in [-0.3, -0.25) is 9.59 Å². The maximum absolute atomic E-state index is 13.1. The summed E-state index contributed by atoms with van der Waals surface area (Å²) in [5.41, 5.74) is 1.38. The van der Waals surface area contributed by atoms with Gasteiger partial charge in [-0.1, -0.05) is 35.9 Å². The molecule has 1 aromatic heterocycles. The van der Waals surface area contributed by atoms with Crippen molar-refractivity contribution in [1.82, 2.24) is 0 Å². The molecule has 4 rings (SSSR count). The Kier molecular flexibility index (Phi) is 6.00. The van der Waals surface area contributed by atoms with Gasteiger partial charge in [0.2, 0.25) is 5.76 Å². The van der Waals surface area contributed by atoms with E-state index in [9.17, 15) is 9.59 Å². The van der Waals surface area contributed by atoms with Gasteiger partial charge >= 0.3 is 0 Å².